The Bertz CT molecular complexity index is 459. The molecule has 2 atom stereocenters. The van der Waals surface area contributed by atoms with Gasteiger partial charge < -0.3 is 4.90 Å². The predicted octanol–water partition coefficient (Wildman–Crippen LogP) is 0.883. The molecule has 1 saturated heterocycles. The van der Waals surface area contributed by atoms with Crippen LogP contribution in [0.15, 0.2) is 12.2 Å². The highest BCUT2D eigenvalue weighted by Crippen LogP contribution is 2.22. The molecule has 0 aromatic heterocycles. The Morgan fingerprint density at radius 1 is 1.32 bits per heavy atom. The fraction of sp³-hybridized carbons (Fsp3) is 0.769. The third-order valence-corrected chi connectivity index (χ3v) is 4.49. The van der Waals surface area contributed by atoms with Crippen LogP contribution in [0.25, 0.3) is 0 Å². The van der Waals surface area contributed by atoms with Gasteiger partial charge in [0, 0.05) is 25.0 Å². The minimum Gasteiger partial charge on any atom is -0.341 e. The van der Waals surface area contributed by atoms with E-state index in [4.69, 9.17) is 0 Å². The Balaban J connectivity index is 1.93. The van der Waals surface area contributed by atoms with Crippen molar-refractivity contribution >= 4 is 15.9 Å². The maximum absolute atomic E-state index is 12.4. The van der Waals surface area contributed by atoms with E-state index >= 15 is 0 Å². The van der Waals surface area contributed by atoms with Crippen LogP contribution in [0.5, 0.6) is 0 Å². The van der Waals surface area contributed by atoms with E-state index in [1.807, 2.05) is 4.90 Å². The highest BCUT2D eigenvalue weighted by atomic mass is 32.2. The summed E-state index contributed by atoms with van der Waals surface area (Å²) in [4.78, 5) is 14.2. The van der Waals surface area contributed by atoms with Gasteiger partial charge in [-0.15, -0.1) is 0 Å². The molecule has 1 aliphatic carbocycles. The molecule has 1 heterocycles. The number of allylic oxidation sites excluding steroid dienone is 2. The van der Waals surface area contributed by atoms with Crippen LogP contribution < -0.4 is 4.72 Å². The number of amides is 1. The molecule has 2 aliphatic rings. The lowest BCUT2D eigenvalue weighted by Crippen LogP contribution is -2.50. The molecule has 0 aromatic rings. The molecule has 108 valence electrons. The normalized spacial score (nSPS) is 28.4. The number of carbonyl (C=O) groups is 1. The van der Waals surface area contributed by atoms with Crippen LogP contribution in [0.3, 0.4) is 0 Å². The highest BCUT2D eigenvalue weighted by molar-refractivity contribution is 7.88. The number of nitrogens with one attached hydrogen (secondary N) is 1. The SMILES string of the molecule is CS(=O)(=O)NC1CCCN(C(=O)C2CC=CCC2)C1. The van der Waals surface area contributed by atoms with Crippen molar-refractivity contribution in [1.29, 1.82) is 0 Å². The third-order valence-electron chi connectivity index (χ3n) is 3.73. The molecule has 19 heavy (non-hydrogen) atoms. The van der Waals surface area contributed by atoms with Crippen molar-refractivity contribution in [3.63, 3.8) is 0 Å². The summed E-state index contributed by atoms with van der Waals surface area (Å²) in [6, 6.07) is -0.133. The van der Waals surface area contributed by atoms with Gasteiger partial charge in [0.15, 0.2) is 0 Å². The van der Waals surface area contributed by atoms with E-state index < -0.39 is 10.0 Å². The van der Waals surface area contributed by atoms with E-state index in [9.17, 15) is 13.2 Å². The van der Waals surface area contributed by atoms with Crippen molar-refractivity contribution < 1.29 is 13.2 Å². The number of likely N-dealkylation sites (tertiary alicyclic amines) is 1. The monoisotopic (exact) mass is 286 g/mol. The van der Waals surface area contributed by atoms with Gasteiger partial charge in [0.2, 0.25) is 15.9 Å². The fourth-order valence-electron chi connectivity index (χ4n) is 2.85. The zero-order chi connectivity index (χ0) is 13.9. The number of hydrogen-bond acceptors (Lipinski definition) is 3. The van der Waals surface area contributed by atoms with Crippen molar-refractivity contribution in [2.45, 2.75) is 38.1 Å². The van der Waals surface area contributed by atoms with E-state index in [0.29, 0.717) is 6.54 Å². The second-order valence-corrected chi connectivity index (χ2v) is 7.27. The molecule has 5 nitrogen and oxygen atoms in total. The molecule has 2 rings (SSSR count). The Kier molecular flexibility index (Phi) is 4.62. The summed E-state index contributed by atoms with van der Waals surface area (Å²) < 4.78 is 25.1. The van der Waals surface area contributed by atoms with Gasteiger partial charge in [-0.05, 0) is 32.1 Å². The highest BCUT2D eigenvalue weighted by Gasteiger charge is 2.29. The first-order chi connectivity index (χ1) is 8.96. The Morgan fingerprint density at radius 2 is 2.11 bits per heavy atom. The quantitative estimate of drug-likeness (QED) is 0.783. The molecule has 1 amide bonds. The molecule has 6 heteroatoms. The first-order valence-corrected chi connectivity index (χ1v) is 8.76. The van der Waals surface area contributed by atoms with Crippen LogP contribution in [0, 0.1) is 5.92 Å². The zero-order valence-electron chi connectivity index (χ0n) is 11.3. The number of piperidine rings is 1. The van der Waals surface area contributed by atoms with Crippen LogP contribution in [-0.2, 0) is 14.8 Å². The Labute approximate surface area is 115 Å². The molecule has 1 aliphatic heterocycles. The molecule has 1 N–H and O–H groups in total. The van der Waals surface area contributed by atoms with Gasteiger partial charge in [-0.1, -0.05) is 12.2 Å². The molecule has 0 saturated carbocycles. The fourth-order valence-corrected chi connectivity index (χ4v) is 3.65. The molecular formula is C13H22N2O3S. The van der Waals surface area contributed by atoms with E-state index in [0.717, 1.165) is 38.6 Å². The summed E-state index contributed by atoms with van der Waals surface area (Å²) in [7, 11) is -3.20. The summed E-state index contributed by atoms with van der Waals surface area (Å²) in [6.07, 6.45) is 9.73. The first-order valence-electron chi connectivity index (χ1n) is 6.87. The lowest BCUT2D eigenvalue weighted by Gasteiger charge is -2.35. The molecular weight excluding hydrogens is 264 g/mol. The van der Waals surface area contributed by atoms with Gasteiger partial charge in [0.1, 0.15) is 0 Å². The van der Waals surface area contributed by atoms with Crippen LogP contribution in [0.1, 0.15) is 32.1 Å². The van der Waals surface area contributed by atoms with Crippen molar-refractivity contribution in [2.75, 3.05) is 19.3 Å². The lowest BCUT2D eigenvalue weighted by molar-refractivity contribution is -0.137. The average molecular weight is 286 g/mol. The van der Waals surface area contributed by atoms with Crippen LogP contribution >= 0.6 is 0 Å². The molecule has 2 unspecified atom stereocenters. The van der Waals surface area contributed by atoms with E-state index in [2.05, 4.69) is 16.9 Å². The number of carbonyl (C=O) groups excluding carboxylic acids is 1. The number of nitrogens with zero attached hydrogens (tertiary/aromatic N) is 1. The topological polar surface area (TPSA) is 66.5 Å². The number of sulfonamides is 1. The number of rotatable bonds is 3. The van der Waals surface area contributed by atoms with Crippen molar-refractivity contribution in [1.82, 2.24) is 9.62 Å². The second-order valence-electron chi connectivity index (χ2n) is 5.49. The van der Waals surface area contributed by atoms with E-state index in [1.54, 1.807) is 0 Å². The van der Waals surface area contributed by atoms with Crippen LogP contribution in [0.4, 0.5) is 0 Å². The van der Waals surface area contributed by atoms with E-state index in [1.165, 1.54) is 6.26 Å². The smallest absolute Gasteiger partial charge is 0.226 e. The van der Waals surface area contributed by atoms with Crippen molar-refractivity contribution in [3.8, 4) is 0 Å². The molecule has 0 spiro atoms. The second kappa shape index (κ2) is 6.05. The third kappa shape index (κ3) is 4.31. The van der Waals surface area contributed by atoms with Gasteiger partial charge in [-0.3, -0.25) is 4.79 Å². The maximum Gasteiger partial charge on any atom is 0.226 e. The summed E-state index contributed by atoms with van der Waals surface area (Å²) >= 11 is 0. The number of hydrogen-bond donors (Lipinski definition) is 1. The maximum atomic E-state index is 12.4. The van der Waals surface area contributed by atoms with Gasteiger partial charge in [-0.25, -0.2) is 13.1 Å². The summed E-state index contributed by atoms with van der Waals surface area (Å²) in [5.74, 6) is 0.270. The molecule has 0 bridgehead atoms. The minimum atomic E-state index is -3.20. The average Bonchev–Trinajstić information content (AvgIpc) is 2.37. The van der Waals surface area contributed by atoms with Gasteiger partial charge in [0.05, 0.1) is 6.26 Å². The first kappa shape index (κ1) is 14.5. The standard InChI is InChI=1S/C13H22N2O3S/c1-19(17,18)14-12-8-5-9-15(10-12)13(16)11-6-3-2-4-7-11/h2-3,11-12,14H,4-10H2,1H3. The van der Waals surface area contributed by atoms with Crippen molar-refractivity contribution in [2.24, 2.45) is 5.92 Å². The largest absolute Gasteiger partial charge is 0.341 e. The molecule has 0 aromatic carbocycles. The Morgan fingerprint density at radius 3 is 2.74 bits per heavy atom. The summed E-state index contributed by atoms with van der Waals surface area (Å²) in [5, 5.41) is 0. The van der Waals surface area contributed by atoms with E-state index in [-0.39, 0.29) is 17.9 Å². The molecule has 0 radical (unpaired) electrons. The molecule has 1 fully saturated rings. The minimum absolute atomic E-state index is 0.0852. The summed E-state index contributed by atoms with van der Waals surface area (Å²) in [5.41, 5.74) is 0. The Hall–Kier alpha value is -0.880. The summed E-state index contributed by atoms with van der Waals surface area (Å²) in [6.45, 7) is 1.26. The lowest BCUT2D eigenvalue weighted by atomic mass is 9.92. The van der Waals surface area contributed by atoms with Crippen molar-refractivity contribution in [3.05, 3.63) is 12.2 Å². The van der Waals surface area contributed by atoms with Gasteiger partial charge >= 0.3 is 0 Å². The zero-order valence-corrected chi connectivity index (χ0v) is 12.2. The van der Waals surface area contributed by atoms with Crippen LogP contribution in [-0.4, -0.2) is 44.6 Å². The predicted molar refractivity (Wildman–Crippen MR) is 74.1 cm³/mol. The van der Waals surface area contributed by atoms with Gasteiger partial charge in [0.25, 0.3) is 0 Å². The van der Waals surface area contributed by atoms with Crippen LogP contribution in [0.2, 0.25) is 0 Å². The van der Waals surface area contributed by atoms with Gasteiger partial charge in [-0.2, -0.15) is 0 Å².